The highest BCUT2D eigenvalue weighted by atomic mass is 16.8. The van der Waals surface area contributed by atoms with Crippen LogP contribution in [0.4, 0.5) is 0 Å². The first-order valence-corrected chi connectivity index (χ1v) is 21.2. The second-order valence-electron chi connectivity index (χ2n) is 16.8. The molecule has 0 aromatic rings. The van der Waals surface area contributed by atoms with Crippen LogP contribution in [-0.2, 0) is 57.0 Å². The summed E-state index contributed by atoms with van der Waals surface area (Å²) in [5, 5.41) is 185. The third kappa shape index (κ3) is 11.8. The number of aliphatic hydroxyl groups excluding tert-OH is 16. The van der Waals surface area contributed by atoms with Gasteiger partial charge in [-0.3, -0.25) is 9.59 Å². The Labute approximate surface area is 384 Å². The molecule has 31 heteroatoms. The summed E-state index contributed by atoms with van der Waals surface area (Å²) >= 11 is 0. The molecule has 0 bridgehead atoms. The fourth-order valence-electron chi connectivity index (χ4n) is 8.53. The first-order valence-electron chi connectivity index (χ1n) is 21.2. The van der Waals surface area contributed by atoms with E-state index < -0.39 is 216 Å². The van der Waals surface area contributed by atoms with Crippen LogP contribution in [0.2, 0.25) is 0 Å². The molecular weight excluding hydrogens is 936 g/mol. The minimum absolute atomic E-state index is 0.818. The maximum Gasteiger partial charge on any atom is 0.364 e. The third-order valence-electron chi connectivity index (χ3n) is 12.1. The second kappa shape index (κ2) is 23.8. The van der Waals surface area contributed by atoms with Crippen molar-refractivity contribution in [3.8, 4) is 0 Å². The Kier molecular flexibility index (Phi) is 19.7. The van der Waals surface area contributed by atoms with E-state index in [1.54, 1.807) is 0 Å². The van der Waals surface area contributed by atoms with Crippen molar-refractivity contribution < 1.29 is 144 Å². The molecule has 5 rings (SSSR count). The molecule has 0 spiro atoms. The van der Waals surface area contributed by atoms with Crippen LogP contribution in [0.1, 0.15) is 20.3 Å². The molecule has 19 N–H and O–H groups in total. The lowest BCUT2D eigenvalue weighted by atomic mass is 9.88. The summed E-state index contributed by atoms with van der Waals surface area (Å²) in [7, 11) is 0. The molecule has 0 aromatic heterocycles. The first-order chi connectivity index (χ1) is 32.0. The Morgan fingerprint density at radius 1 is 0.574 bits per heavy atom. The van der Waals surface area contributed by atoms with Gasteiger partial charge in [0.25, 0.3) is 5.79 Å². The van der Waals surface area contributed by atoms with Gasteiger partial charge in [-0.15, -0.1) is 0 Å². The number of carbonyl (C=O) groups excluding carboxylic acids is 2. The lowest BCUT2D eigenvalue weighted by Gasteiger charge is -2.51. The zero-order chi connectivity index (χ0) is 50.7. The molecule has 5 aliphatic heterocycles. The van der Waals surface area contributed by atoms with Gasteiger partial charge in [0.2, 0.25) is 11.8 Å². The number of aliphatic hydroxyl groups is 16. The van der Waals surface area contributed by atoms with Gasteiger partial charge in [0, 0.05) is 20.3 Å². The van der Waals surface area contributed by atoms with Gasteiger partial charge in [0.05, 0.1) is 45.2 Å². The highest BCUT2D eigenvalue weighted by Gasteiger charge is 2.61. The van der Waals surface area contributed by atoms with E-state index in [0.29, 0.717) is 0 Å². The maximum absolute atomic E-state index is 13.0. The number of rotatable bonds is 18. The summed E-state index contributed by atoms with van der Waals surface area (Å²) < 4.78 is 50.7. The average Bonchev–Trinajstić information content (AvgIpc) is 3.29. The number of nitrogens with one attached hydrogen (secondary N) is 2. The zero-order valence-corrected chi connectivity index (χ0v) is 36.2. The number of amides is 2. The quantitative estimate of drug-likeness (QED) is 0.0606. The van der Waals surface area contributed by atoms with Crippen LogP contribution < -0.4 is 10.6 Å². The van der Waals surface area contributed by atoms with Crippen molar-refractivity contribution in [2.75, 3.05) is 33.0 Å². The third-order valence-corrected chi connectivity index (χ3v) is 12.1. The van der Waals surface area contributed by atoms with Gasteiger partial charge in [-0.2, -0.15) is 0 Å². The lowest BCUT2D eigenvalue weighted by molar-refractivity contribution is -0.389. The molecule has 26 atom stereocenters. The fourth-order valence-corrected chi connectivity index (χ4v) is 8.53. The van der Waals surface area contributed by atoms with Gasteiger partial charge < -0.3 is 140 Å². The van der Waals surface area contributed by atoms with Crippen molar-refractivity contribution in [3.05, 3.63) is 0 Å². The number of hydrogen-bond acceptors (Lipinski definition) is 28. The van der Waals surface area contributed by atoms with E-state index in [9.17, 15) is 101 Å². The van der Waals surface area contributed by atoms with Crippen molar-refractivity contribution in [3.63, 3.8) is 0 Å². The predicted octanol–water partition coefficient (Wildman–Crippen LogP) is -12.4. The van der Waals surface area contributed by atoms with Gasteiger partial charge in [-0.25, -0.2) is 4.79 Å². The molecule has 0 aromatic carbocycles. The summed E-state index contributed by atoms with van der Waals surface area (Å²) in [5.41, 5.74) is 0. The van der Waals surface area contributed by atoms with E-state index in [2.05, 4.69) is 10.6 Å². The summed E-state index contributed by atoms with van der Waals surface area (Å²) in [4.78, 5) is 37.7. The number of hydrogen-bond donors (Lipinski definition) is 19. The summed E-state index contributed by atoms with van der Waals surface area (Å²) in [5.74, 6) is -6.99. The standard InChI is InChI=1S/C37H62N2O29/c1-9(45)38-17-11(47)3-37(36(58)59,67-29(17)19(49)12(48)4-40)68-31-22(52)15(7-43)63-35(26(31)56)65-28-18(39-10(2)46)33(61-13(5-41)20(28)50)66-30-21(51)14(6-42)62-34(25(30)55)64-27-16(8-44)60-32(57)24(54)23(27)53/h11-35,40-44,47-57H,3-8H2,1-2H3,(H,38,45)(H,39,46)(H,58,59). The Balaban J connectivity index is 1.45. The molecule has 0 radical (unpaired) electrons. The topological polar surface area (TPSA) is 502 Å². The summed E-state index contributed by atoms with van der Waals surface area (Å²) in [6.45, 7) is -3.28. The van der Waals surface area contributed by atoms with Crippen LogP contribution in [0.15, 0.2) is 0 Å². The highest BCUT2D eigenvalue weighted by Crippen LogP contribution is 2.39. The van der Waals surface area contributed by atoms with Crippen LogP contribution in [0.25, 0.3) is 0 Å². The van der Waals surface area contributed by atoms with Crippen LogP contribution >= 0.6 is 0 Å². The molecule has 2 amide bonds. The summed E-state index contributed by atoms with van der Waals surface area (Å²) in [6.07, 6.45) is -47.6. The highest BCUT2D eigenvalue weighted by molar-refractivity contribution is 5.76. The Hall–Kier alpha value is -2.59. The van der Waals surface area contributed by atoms with Crippen molar-refractivity contribution in [1.82, 2.24) is 10.6 Å². The largest absolute Gasteiger partial charge is 0.477 e. The van der Waals surface area contributed by atoms with Crippen molar-refractivity contribution in [1.29, 1.82) is 0 Å². The van der Waals surface area contributed by atoms with Gasteiger partial charge in [0.15, 0.2) is 25.2 Å². The molecule has 31 nitrogen and oxygen atoms in total. The zero-order valence-electron chi connectivity index (χ0n) is 36.2. The molecule has 5 aliphatic rings. The lowest BCUT2D eigenvalue weighted by Crippen LogP contribution is -2.71. The molecule has 5 fully saturated rings. The van der Waals surface area contributed by atoms with E-state index >= 15 is 0 Å². The average molecular weight is 999 g/mol. The van der Waals surface area contributed by atoms with Gasteiger partial charge in [0.1, 0.15) is 116 Å². The van der Waals surface area contributed by atoms with Crippen LogP contribution in [0.5, 0.6) is 0 Å². The van der Waals surface area contributed by atoms with Gasteiger partial charge in [-0.1, -0.05) is 0 Å². The number of carbonyl (C=O) groups is 3. The predicted molar refractivity (Wildman–Crippen MR) is 207 cm³/mol. The molecule has 5 saturated heterocycles. The Morgan fingerprint density at radius 2 is 1.03 bits per heavy atom. The van der Waals surface area contributed by atoms with Crippen LogP contribution in [0, 0.1) is 0 Å². The molecule has 68 heavy (non-hydrogen) atoms. The van der Waals surface area contributed by atoms with Crippen LogP contribution in [0.3, 0.4) is 0 Å². The number of aliphatic carboxylic acids is 1. The second-order valence-corrected chi connectivity index (χ2v) is 16.8. The molecular formula is C37H62N2O29. The van der Waals surface area contributed by atoms with E-state index in [1.807, 2.05) is 0 Å². The number of carboxylic acid groups (broad SMARTS) is 1. The van der Waals surface area contributed by atoms with E-state index in [4.69, 9.17) is 42.6 Å². The smallest absolute Gasteiger partial charge is 0.364 e. The van der Waals surface area contributed by atoms with E-state index in [-0.39, 0.29) is 0 Å². The minimum atomic E-state index is -3.19. The molecule has 26 unspecified atom stereocenters. The van der Waals surface area contributed by atoms with Crippen molar-refractivity contribution in [2.45, 2.75) is 179 Å². The maximum atomic E-state index is 13.0. The summed E-state index contributed by atoms with van der Waals surface area (Å²) in [6, 6.07) is -3.51. The SMILES string of the molecule is CC(=O)NC1C(O)CC(OC2C(O)C(CO)OC(OC3C(O)C(CO)OC(OC4C(O)C(CO)OC(OC5C(CO)OC(O)C(O)C5O)C4O)C3NC(C)=O)C2O)(C(=O)O)OC1C(O)C(O)CO. The Morgan fingerprint density at radius 3 is 1.53 bits per heavy atom. The molecule has 394 valence electrons. The van der Waals surface area contributed by atoms with Crippen LogP contribution in [-0.4, -0.2) is 297 Å². The fraction of sp³-hybridized carbons (Fsp3) is 0.919. The molecule has 0 saturated carbocycles. The Bertz CT molecular complexity index is 1660. The van der Waals surface area contributed by atoms with Gasteiger partial charge >= 0.3 is 5.97 Å². The van der Waals surface area contributed by atoms with E-state index in [0.717, 1.165) is 13.8 Å². The number of ether oxygens (including phenoxy) is 9. The molecule has 0 aliphatic carbocycles. The minimum Gasteiger partial charge on any atom is -0.477 e. The number of carboxylic acids is 1. The first kappa shape index (κ1) is 56.3. The monoisotopic (exact) mass is 998 g/mol. The van der Waals surface area contributed by atoms with Crippen molar-refractivity contribution >= 4 is 17.8 Å². The van der Waals surface area contributed by atoms with E-state index in [1.165, 1.54) is 0 Å². The molecule has 5 heterocycles. The van der Waals surface area contributed by atoms with Gasteiger partial charge in [-0.05, 0) is 0 Å². The van der Waals surface area contributed by atoms with Crippen molar-refractivity contribution in [2.24, 2.45) is 0 Å². The normalized spacial score (nSPS) is 46.6.